The van der Waals surface area contributed by atoms with Gasteiger partial charge in [0.15, 0.2) is 0 Å². The van der Waals surface area contributed by atoms with Crippen LogP contribution in [0, 0.1) is 11.8 Å². The summed E-state index contributed by atoms with van der Waals surface area (Å²) < 4.78 is 20.1. The van der Waals surface area contributed by atoms with E-state index in [2.05, 4.69) is 35.6 Å². The molecule has 178 valence electrons. The molecule has 1 saturated carbocycles. The van der Waals surface area contributed by atoms with Crippen molar-refractivity contribution in [2.24, 2.45) is 11.8 Å². The molecular formula is C24H39I4O2-3. The van der Waals surface area contributed by atoms with Crippen LogP contribution < -0.4 is 63.6 Å². The minimum absolute atomic E-state index is 0.0586. The number of hydrogen-bond acceptors (Lipinski definition) is 2. The van der Waals surface area contributed by atoms with Crippen LogP contribution in [-0.4, -0.2) is 37.6 Å². The minimum atomic E-state index is 0.0586. The van der Waals surface area contributed by atoms with Crippen molar-refractivity contribution in [1.82, 2.24) is 0 Å². The van der Waals surface area contributed by atoms with Crippen molar-refractivity contribution in [3.05, 3.63) is 9.66 Å². The molecule has 2 saturated heterocycles. The quantitative estimate of drug-likeness (QED) is 0.201. The van der Waals surface area contributed by atoms with Gasteiger partial charge < -0.3 is 0 Å². The van der Waals surface area contributed by atoms with Gasteiger partial charge in [0, 0.05) is 0 Å². The van der Waals surface area contributed by atoms with Gasteiger partial charge in [-0.3, -0.25) is 0 Å². The molecule has 0 radical (unpaired) electrons. The van der Waals surface area contributed by atoms with Crippen LogP contribution in [-0.2, 0) is 9.47 Å². The Kier molecular flexibility index (Phi) is 11.6. The molecule has 0 aromatic carbocycles. The van der Waals surface area contributed by atoms with Crippen molar-refractivity contribution in [3.63, 3.8) is 0 Å². The zero-order valence-corrected chi connectivity index (χ0v) is 27.0. The first-order chi connectivity index (χ1) is 14.6. The maximum absolute atomic E-state index is 6.40. The van der Waals surface area contributed by atoms with Crippen molar-refractivity contribution < 1.29 is 73.1 Å². The summed E-state index contributed by atoms with van der Waals surface area (Å²) in [5.74, 6) is 2.06. The summed E-state index contributed by atoms with van der Waals surface area (Å²) in [4.78, 5) is 0. The van der Waals surface area contributed by atoms with E-state index in [9.17, 15) is 0 Å². The molecule has 2 nitrogen and oxygen atoms in total. The van der Waals surface area contributed by atoms with Gasteiger partial charge in [-0.2, -0.15) is 0 Å². The zero-order chi connectivity index (χ0) is 20.8. The molecular weight excluding hydrogens is 828 g/mol. The first-order valence-electron chi connectivity index (χ1n) is 12.0. The summed E-state index contributed by atoms with van der Waals surface area (Å²) in [7, 11) is 0. The van der Waals surface area contributed by atoms with Crippen LogP contribution in [0.5, 0.6) is 0 Å². The Bertz CT molecular complexity index is 533. The van der Waals surface area contributed by atoms with Gasteiger partial charge in [0.05, 0.1) is 0 Å². The van der Waals surface area contributed by atoms with E-state index in [1.165, 1.54) is 70.6 Å². The molecule has 5 atom stereocenters. The van der Waals surface area contributed by atoms with Crippen molar-refractivity contribution in [2.75, 3.05) is 17.6 Å². The zero-order valence-electron chi connectivity index (χ0n) is 18.3. The molecule has 6 heteroatoms. The molecule has 0 bridgehead atoms. The van der Waals surface area contributed by atoms with Crippen molar-refractivity contribution in [2.45, 2.75) is 97.5 Å². The number of allylic oxidation sites excluding steroid dienone is 2. The first-order valence-corrected chi connectivity index (χ1v) is 20.9. The van der Waals surface area contributed by atoms with Crippen LogP contribution >= 0.6 is 22.6 Å². The standard InChI is InChI=1S/C24H39I4O2/c1-17-2-4-18(5-3-17)14-26-21-10-12-23(29-15-21)28-24-13-11-22(16-30-24)27-20-8-6-19(25)7-9-20/h6,17-18,20-24H,2-5,7-16H2,1H3/q-3. The maximum atomic E-state index is 6.40. The average molecular weight is 867 g/mol. The van der Waals surface area contributed by atoms with Crippen molar-refractivity contribution in [1.29, 1.82) is 0 Å². The van der Waals surface area contributed by atoms with E-state index in [-0.39, 0.29) is 21.2 Å². The second kappa shape index (κ2) is 13.6. The molecule has 4 aliphatic rings. The van der Waals surface area contributed by atoms with Crippen LogP contribution in [0.2, 0.25) is 0 Å². The third-order valence-corrected chi connectivity index (χ3v) is 19.6. The van der Waals surface area contributed by atoms with Gasteiger partial charge in [0.25, 0.3) is 0 Å². The summed E-state index contributed by atoms with van der Waals surface area (Å²) in [6.07, 6.45) is 18.3. The molecule has 0 aromatic heterocycles. The Morgan fingerprint density at radius 1 is 0.833 bits per heavy atom. The van der Waals surface area contributed by atoms with Gasteiger partial charge in [-0.25, -0.2) is 0 Å². The molecule has 2 aliphatic heterocycles. The van der Waals surface area contributed by atoms with E-state index in [1.807, 2.05) is 0 Å². The third kappa shape index (κ3) is 8.66. The van der Waals surface area contributed by atoms with Crippen LogP contribution in [0.1, 0.15) is 77.6 Å². The van der Waals surface area contributed by atoms with Crippen molar-refractivity contribution >= 4 is 22.6 Å². The topological polar surface area (TPSA) is 18.5 Å². The number of hydrogen-bond donors (Lipinski definition) is 0. The Morgan fingerprint density at radius 2 is 1.53 bits per heavy atom. The molecule has 0 spiro atoms. The van der Waals surface area contributed by atoms with Crippen LogP contribution in [0.15, 0.2) is 9.66 Å². The fourth-order valence-corrected chi connectivity index (χ4v) is 15.9. The van der Waals surface area contributed by atoms with Crippen LogP contribution in [0.3, 0.4) is 0 Å². The van der Waals surface area contributed by atoms with Crippen LogP contribution in [0.4, 0.5) is 0 Å². The fraction of sp³-hybridized carbons (Fsp3) is 0.917. The van der Waals surface area contributed by atoms with Gasteiger partial charge in [0.2, 0.25) is 0 Å². The fourth-order valence-electron chi connectivity index (χ4n) is 4.82. The molecule has 0 N–H and O–H groups in total. The van der Waals surface area contributed by atoms with Gasteiger partial charge >= 0.3 is 232 Å². The average Bonchev–Trinajstić information content (AvgIpc) is 2.77. The molecule has 0 aromatic rings. The molecule has 4 rings (SSSR count). The third-order valence-electron chi connectivity index (χ3n) is 6.92. The summed E-state index contributed by atoms with van der Waals surface area (Å²) in [5.41, 5.74) is 0. The molecule has 5 unspecified atom stereocenters. The Hall–Kier alpha value is 2.58. The van der Waals surface area contributed by atoms with E-state index in [4.69, 9.17) is 9.47 Å². The summed E-state index contributed by atoms with van der Waals surface area (Å²) in [5, 5.41) is 0. The summed E-state index contributed by atoms with van der Waals surface area (Å²) in [6.45, 7) is 4.61. The van der Waals surface area contributed by atoms with E-state index in [0.29, 0.717) is 50.6 Å². The molecule has 0 amide bonds. The van der Waals surface area contributed by atoms with Gasteiger partial charge in [-0.15, -0.1) is 0 Å². The van der Waals surface area contributed by atoms with Gasteiger partial charge in [0.1, 0.15) is 0 Å². The Balaban J connectivity index is 1.06. The predicted octanol–water partition coefficient (Wildman–Crippen LogP) is -3.04. The molecule has 2 aliphatic carbocycles. The second-order valence-corrected chi connectivity index (χ2v) is 22.2. The van der Waals surface area contributed by atoms with E-state index in [0.717, 1.165) is 36.8 Å². The first kappa shape index (κ1) is 25.7. The second-order valence-electron chi connectivity index (χ2n) is 9.55. The van der Waals surface area contributed by atoms with E-state index < -0.39 is 0 Å². The Labute approximate surface area is 229 Å². The Morgan fingerprint density at radius 3 is 2.13 bits per heavy atom. The summed E-state index contributed by atoms with van der Waals surface area (Å²) in [6, 6.07) is 0. The monoisotopic (exact) mass is 867 g/mol. The number of ether oxygens (including phenoxy) is 2. The number of alkyl halides is 6. The predicted molar refractivity (Wildman–Crippen MR) is 121 cm³/mol. The SMILES string of the molecule is CC1CCC(C[I-]C2CCC([I-]C3CCC([I-]C4CC=C(I)CC4)CO3)OC2)CC1. The molecule has 30 heavy (non-hydrogen) atoms. The number of halogens is 4. The van der Waals surface area contributed by atoms with Gasteiger partial charge in [-0.1, -0.05) is 0 Å². The normalized spacial score (nSPS) is 41.1. The van der Waals surface area contributed by atoms with E-state index >= 15 is 0 Å². The molecule has 3 fully saturated rings. The van der Waals surface area contributed by atoms with Gasteiger partial charge in [-0.05, 0) is 0 Å². The van der Waals surface area contributed by atoms with Crippen LogP contribution in [0.25, 0.3) is 0 Å². The summed E-state index contributed by atoms with van der Waals surface area (Å²) >= 11 is 3.26. The van der Waals surface area contributed by atoms with E-state index in [1.54, 1.807) is 8.01 Å². The number of rotatable bonds is 7. The molecule has 2 heterocycles. The van der Waals surface area contributed by atoms with Crippen molar-refractivity contribution in [3.8, 4) is 0 Å².